The molecule has 1 saturated carbocycles. The monoisotopic (exact) mass is 244 g/mol. The van der Waals surface area contributed by atoms with E-state index in [-0.39, 0.29) is 11.9 Å². The first-order valence-electron chi connectivity index (χ1n) is 6.26. The number of amides is 1. The fourth-order valence-electron chi connectivity index (χ4n) is 2.15. The maximum absolute atomic E-state index is 11.8. The highest BCUT2D eigenvalue weighted by Crippen LogP contribution is 2.28. The van der Waals surface area contributed by atoms with Crippen LogP contribution in [0.1, 0.15) is 45.4 Å². The molecule has 3 atom stereocenters. The van der Waals surface area contributed by atoms with Gasteiger partial charge in [-0.15, -0.1) is 0 Å². The number of carbonyl (C=O) groups excluding carboxylic acids is 1. The molecule has 94 valence electrons. The summed E-state index contributed by atoms with van der Waals surface area (Å²) < 4.78 is 0. The molecule has 1 aliphatic carbocycles. The summed E-state index contributed by atoms with van der Waals surface area (Å²) in [4.78, 5) is 11.8. The van der Waals surface area contributed by atoms with E-state index in [2.05, 4.69) is 18.5 Å². The number of rotatable bonds is 6. The first-order chi connectivity index (χ1) is 7.67. The fourth-order valence-corrected chi connectivity index (χ4v) is 2.95. The number of hydrogen-bond donors (Lipinski definition) is 2. The molecule has 0 aromatic heterocycles. The third-order valence-corrected chi connectivity index (χ3v) is 4.36. The van der Waals surface area contributed by atoms with Crippen LogP contribution in [-0.2, 0) is 4.79 Å². The quantitative estimate of drug-likeness (QED) is 0.750. The van der Waals surface area contributed by atoms with E-state index in [1.165, 1.54) is 6.42 Å². The minimum atomic E-state index is -0.312. The van der Waals surface area contributed by atoms with Gasteiger partial charge in [-0.05, 0) is 31.9 Å². The lowest BCUT2D eigenvalue weighted by atomic mass is 10.1. The molecule has 0 aromatic carbocycles. The summed E-state index contributed by atoms with van der Waals surface area (Å²) in [6.07, 6.45) is 8.51. The van der Waals surface area contributed by atoms with Gasteiger partial charge in [0.25, 0.3) is 0 Å². The molecule has 1 fully saturated rings. The highest BCUT2D eigenvalue weighted by molar-refractivity contribution is 7.99. The maximum atomic E-state index is 11.8. The Bertz CT molecular complexity index is 223. The first-order valence-corrected chi connectivity index (χ1v) is 7.55. The number of unbranched alkanes of at least 4 members (excludes halogenated alkanes) is 1. The van der Waals surface area contributed by atoms with Crippen LogP contribution in [0.15, 0.2) is 0 Å². The van der Waals surface area contributed by atoms with Crippen LogP contribution < -0.4 is 11.1 Å². The van der Waals surface area contributed by atoms with Gasteiger partial charge in [-0.3, -0.25) is 4.79 Å². The molecule has 0 bridgehead atoms. The lowest BCUT2D eigenvalue weighted by molar-refractivity contribution is -0.123. The highest BCUT2D eigenvalue weighted by atomic mass is 32.2. The highest BCUT2D eigenvalue weighted by Gasteiger charge is 2.26. The predicted octanol–water partition coefficient (Wildman–Crippen LogP) is 1.90. The van der Waals surface area contributed by atoms with Gasteiger partial charge in [0.05, 0.1) is 6.04 Å². The first kappa shape index (κ1) is 13.8. The van der Waals surface area contributed by atoms with Crippen molar-refractivity contribution in [2.24, 2.45) is 5.73 Å². The van der Waals surface area contributed by atoms with E-state index in [4.69, 9.17) is 5.73 Å². The van der Waals surface area contributed by atoms with E-state index in [0.717, 1.165) is 37.4 Å². The van der Waals surface area contributed by atoms with E-state index >= 15 is 0 Å². The third-order valence-electron chi connectivity index (χ3n) is 3.27. The second kappa shape index (κ2) is 7.17. The number of nitrogens with one attached hydrogen (secondary N) is 1. The van der Waals surface area contributed by atoms with Crippen LogP contribution in [0.25, 0.3) is 0 Å². The average Bonchev–Trinajstić information content (AvgIpc) is 2.73. The van der Waals surface area contributed by atoms with Crippen LogP contribution in [0.4, 0.5) is 0 Å². The van der Waals surface area contributed by atoms with E-state index in [1.54, 1.807) is 0 Å². The average molecular weight is 244 g/mol. The zero-order chi connectivity index (χ0) is 12.0. The molecule has 0 aromatic rings. The second-order valence-electron chi connectivity index (χ2n) is 4.62. The van der Waals surface area contributed by atoms with Crippen LogP contribution in [0, 0.1) is 0 Å². The Morgan fingerprint density at radius 3 is 2.88 bits per heavy atom. The second-order valence-corrected chi connectivity index (χ2v) is 5.76. The van der Waals surface area contributed by atoms with Crippen molar-refractivity contribution in [2.45, 2.75) is 62.8 Å². The van der Waals surface area contributed by atoms with Crippen LogP contribution in [-0.4, -0.2) is 29.5 Å². The number of nitrogens with two attached hydrogens (primary N) is 1. The molecule has 3 nitrogen and oxygen atoms in total. The van der Waals surface area contributed by atoms with Gasteiger partial charge >= 0.3 is 0 Å². The van der Waals surface area contributed by atoms with Crippen LogP contribution in [0.3, 0.4) is 0 Å². The molecule has 0 heterocycles. The topological polar surface area (TPSA) is 55.1 Å². The molecule has 0 aliphatic heterocycles. The van der Waals surface area contributed by atoms with Crippen LogP contribution >= 0.6 is 11.8 Å². The van der Waals surface area contributed by atoms with Crippen molar-refractivity contribution in [3.05, 3.63) is 0 Å². The van der Waals surface area contributed by atoms with E-state index in [9.17, 15) is 4.79 Å². The van der Waals surface area contributed by atoms with Crippen molar-refractivity contribution in [1.29, 1.82) is 0 Å². The number of carbonyl (C=O) groups is 1. The Balaban J connectivity index is 2.23. The molecule has 1 amide bonds. The summed E-state index contributed by atoms with van der Waals surface area (Å²) in [6, 6.07) is 0.0471. The van der Waals surface area contributed by atoms with Gasteiger partial charge in [0.15, 0.2) is 0 Å². The summed E-state index contributed by atoms with van der Waals surface area (Å²) in [5.41, 5.74) is 5.83. The van der Waals surface area contributed by atoms with Crippen molar-refractivity contribution < 1.29 is 4.79 Å². The van der Waals surface area contributed by atoms with E-state index < -0.39 is 0 Å². The molecule has 0 saturated heterocycles. The summed E-state index contributed by atoms with van der Waals surface area (Å²) in [6.45, 7) is 2.12. The van der Waals surface area contributed by atoms with Gasteiger partial charge in [-0.25, -0.2) is 0 Å². The molecule has 4 heteroatoms. The Labute approximate surface area is 103 Å². The number of hydrogen-bond acceptors (Lipinski definition) is 3. The van der Waals surface area contributed by atoms with Gasteiger partial charge in [0.2, 0.25) is 5.91 Å². The minimum absolute atomic E-state index is 0.0419. The Kier molecular flexibility index (Phi) is 6.21. The van der Waals surface area contributed by atoms with Gasteiger partial charge < -0.3 is 11.1 Å². The molecule has 16 heavy (non-hydrogen) atoms. The zero-order valence-electron chi connectivity index (χ0n) is 10.4. The Hall–Kier alpha value is -0.220. The molecular weight excluding hydrogens is 220 g/mol. The third kappa shape index (κ3) is 4.34. The molecule has 3 N–H and O–H groups in total. The van der Waals surface area contributed by atoms with Crippen molar-refractivity contribution in [1.82, 2.24) is 5.32 Å². The molecule has 0 radical (unpaired) electrons. The molecule has 2 unspecified atom stereocenters. The van der Waals surface area contributed by atoms with Crippen molar-refractivity contribution in [3.8, 4) is 0 Å². The lowest BCUT2D eigenvalue weighted by Gasteiger charge is -2.16. The van der Waals surface area contributed by atoms with Crippen molar-refractivity contribution >= 4 is 17.7 Å². The normalized spacial score (nSPS) is 26.7. The fraction of sp³-hybridized carbons (Fsp3) is 0.917. The van der Waals surface area contributed by atoms with E-state index in [1.807, 2.05) is 11.8 Å². The summed E-state index contributed by atoms with van der Waals surface area (Å²) in [7, 11) is 0. The van der Waals surface area contributed by atoms with Crippen molar-refractivity contribution in [2.75, 3.05) is 6.26 Å². The SMILES string of the molecule is CCCC[C@H](N)C(=O)NC1CCC(SC)C1. The number of thioether (sulfide) groups is 1. The molecule has 1 rings (SSSR count). The summed E-state index contributed by atoms with van der Waals surface area (Å²) >= 11 is 1.90. The van der Waals surface area contributed by atoms with Crippen LogP contribution in [0.2, 0.25) is 0 Å². The zero-order valence-corrected chi connectivity index (χ0v) is 11.2. The molecule has 0 spiro atoms. The Morgan fingerprint density at radius 2 is 2.31 bits per heavy atom. The van der Waals surface area contributed by atoms with Gasteiger partial charge in [-0.1, -0.05) is 19.8 Å². The largest absolute Gasteiger partial charge is 0.352 e. The summed E-state index contributed by atoms with van der Waals surface area (Å²) in [5, 5.41) is 3.79. The van der Waals surface area contributed by atoms with Gasteiger partial charge in [0.1, 0.15) is 0 Å². The molecule has 1 aliphatic rings. The van der Waals surface area contributed by atoms with Crippen LogP contribution in [0.5, 0.6) is 0 Å². The standard InChI is InChI=1S/C12H24N2OS/c1-3-4-5-11(13)12(15)14-9-6-7-10(8-9)16-2/h9-11H,3-8,13H2,1-2H3,(H,14,15)/t9?,10?,11-/m0/s1. The van der Waals surface area contributed by atoms with E-state index in [0.29, 0.717) is 6.04 Å². The smallest absolute Gasteiger partial charge is 0.237 e. The summed E-state index contributed by atoms with van der Waals surface area (Å²) in [5.74, 6) is 0.0419. The van der Waals surface area contributed by atoms with Gasteiger partial charge in [0, 0.05) is 11.3 Å². The minimum Gasteiger partial charge on any atom is -0.352 e. The maximum Gasteiger partial charge on any atom is 0.237 e. The van der Waals surface area contributed by atoms with Crippen molar-refractivity contribution in [3.63, 3.8) is 0 Å². The Morgan fingerprint density at radius 1 is 1.56 bits per heavy atom. The lowest BCUT2D eigenvalue weighted by Crippen LogP contribution is -2.44. The van der Waals surface area contributed by atoms with Gasteiger partial charge in [-0.2, -0.15) is 11.8 Å². The molecular formula is C12H24N2OS. The predicted molar refractivity (Wildman–Crippen MR) is 70.6 cm³/mol.